The van der Waals surface area contributed by atoms with Gasteiger partial charge in [-0.25, -0.2) is 0 Å². The molecule has 1 aliphatic heterocycles. The van der Waals surface area contributed by atoms with Gasteiger partial charge in [0.15, 0.2) is 0 Å². The zero-order valence-electron chi connectivity index (χ0n) is 8.00. The Morgan fingerprint density at radius 3 is 2.64 bits per heavy atom. The van der Waals surface area contributed by atoms with Crippen LogP contribution in [0.25, 0.3) is 0 Å². The Labute approximate surface area is 99.8 Å². The number of hydrogen-bond donors (Lipinski definition) is 1. The number of nitrogens with one attached hydrogen (secondary N) is 1. The molecule has 0 bridgehead atoms. The van der Waals surface area contributed by atoms with Gasteiger partial charge in [0.05, 0.1) is 0 Å². The molecule has 1 N–H and O–H groups in total. The number of halogens is 2. The third kappa shape index (κ3) is 2.72. The molecule has 2 rings (SSSR count). The zero-order valence-corrected chi connectivity index (χ0v) is 10.4. The molecule has 78 valence electrons. The lowest BCUT2D eigenvalue weighted by atomic mass is 9.98. The molecule has 1 saturated heterocycles. The maximum Gasteiger partial charge on any atom is 0.0331 e. The summed E-state index contributed by atoms with van der Waals surface area (Å²) in [5.41, 5.74) is 1.40. The molecule has 0 spiro atoms. The van der Waals surface area contributed by atoms with Crippen LogP contribution in [-0.4, -0.2) is 6.54 Å². The second-order valence-electron chi connectivity index (χ2n) is 3.52. The molecule has 1 fully saturated rings. The lowest BCUT2D eigenvalue weighted by molar-refractivity contribution is 0.411. The van der Waals surface area contributed by atoms with Crippen LogP contribution in [0.3, 0.4) is 0 Å². The van der Waals surface area contributed by atoms with E-state index in [0.29, 0.717) is 6.04 Å². The minimum absolute atomic E-state index is 0. The first-order valence-electron chi connectivity index (χ1n) is 4.86. The van der Waals surface area contributed by atoms with Crippen molar-refractivity contribution in [2.75, 3.05) is 6.54 Å². The maximum absolute atomic E-state index is 3.59. The SMILES string of the molecule is Brc1ccccc1[C@@H]1CCCCN1.Cl. The van der Waals surface area contributed by atoms with Gasteiger partial charge in [-0.2, -0.15) is 0 Å². The molecular weight excluding hydrogens is 261 g/mol. The zero-order chi connectivity index (χ0) is 9.10. The van der Waals surface area contributed by atoms with Crippen molar-refractivity contribution in [3.05, 3.63) is 34.3 Å². The number of rotatable bonds is 1. The summed E-state index contributed by atoms with van der Waals surface area (Å²) < 4.78 is 1.23. The second-order valence-corrected chi connectivity index (χ2v) is 4.38. The van der Waals surface area contributed by atoms with E-state index in [4.69, 9.17) is 0 Å². The summed E-state index contributed by atoms with van der Waals surface area (Å²) in [6.45, 7) is 1.16. The second kappa shape index (κ2) is 5.74. The van der Waals surface area contributed by atoms with Gasteiger partial charge in [0.2, 0.25) is 0 Å². The molecule has 0 aliphatic carbocycles. The molecule has 1 aromatic carbocycles. The normalized spacial score (nSPS) is 21.4. The van der Waals surface area contributed by atoms with E-state index >= 15 is 0 Å². The topological polar surface area (TPSA) is 12.0 Å². The molecule has 0 saturated carbocycles. The summed E-state index contributed by atoms with van der Waals surface area (Å²) in [7, 11) is 0. The molecule has 1 heterocycles. The number of hydrogen-bond acceptors (Lipinski definition) is 1. The van der Waals surface area contributed by atoms with Crippen LogP contribution in [0, 0.1) is 0 Å². The minimum atomic E-state index is 0. The minimum Gasteiger partial charge on any atom is -0.310 e. The van der Waals surface area contributed by atoms with E-state index in [2.05, 4.69) is 45.5 Å². The van der Waals surface area contributed by atoms with Crippen molar-refractivity contribution in [1.82, 2.24) is 5.32 Å². The van der Waals surface area contributed by atoms with Crippen molar-refractivity contribution < 1.29 is 0 Å². The summed E-state index contributed by atoms with van der Waals surface area (Å²) in [6.07, 6.45) is 3.93. The third-order valence-corrected chi connectivity index (χ3v) is 3.31. The highest BCUT2D eigenvalue weighted by Gasteiger charge is 2.15. The first kappa shape index (κ1) is 12.0. The molecule has 0 radical (unpaired) electrons. The molecule has 3 heteroatoms. The van der Waals surface area contributed by atoms with Crippen molar-refractivity contribution in [3.63, 3.8) is 0 Å². The smallest absolute Gasteiger partial charge is 0.0331 e. The summed E-state index contributed by atoms with van der Waals surface area (Å²) in [4.78, 5) is 0. The molecular formula is C11H15BrClN. The first-order valence-corrected chi connectivity index (χ1v) is 5.65. The Morgan fingerprint density at radius 1 is 1.21 bits per heavy atom. The predicted molar refractivity (Wildman–Crippen MR) is 66.0 cm³/mol. The van der Waals surface area contributed by atoms with Crippen LogP contribution in [0.2, 0.25) is 0 Å². The number of benzene rings is 1. The van der Waals surface area contributed by atoms with Gasteiger partial charge in [-0.3, -0.25) is 0 Å². The van der Waals surface area contributed by atoms with Crippen molar-refractivity contribution >= 4 is 28.3 Å². The molecule has 0 amide bonds. The van der Waals surface area contributed by atoms with Gasteiger partial charge in [0.1, 0.15) is 0 Å². The molecule has 1 atom stereocenters. The lowest BCUT2D eigenvalue weighted by Gasteiger charge is -2.24. The highest BCUT2D eigenvalue weighted by molar-refractivity contribution is 9.10. The average Bonchev–Trinajstić information content (AvgIpc) is 2.20. The van der Waals surface area contributed by atoms with Crippen LogP contribution >= 0.6 is 28.3 Å². The van der Waals surface area contributed by atoms with E-state index in [1.165, 1.54) is 29.3 Å². The van der Waals surface area contributed by atoms with Gasteiger partial charge in [0, 0.05) is 10.5 Å². The lowest BCUT2D eigenvalue weighted by Crippen LogP contribution is -2.26. The van der Waals surface area contributed by atoms with E-state index in [0.717, 1.165) is 6.54 Å². The van der Waals surface area contributed by atoms with E-state index < -0.39 is 0 Å². The van der Waals surface area contributed by atoms with Crippen LogP contribution in [0.15, 0.2) is 28.7 Å². The van der Waals surface area contributed by atoms with Crippen molar-refractivity contribution in [2.45, 2.75) is 25.3 Å². The summed E-state index contributed by atoms with van der Waals surface area (Å²) in [5.74, 6) is 0. The molecule has 1 aromatic rings. The molecule has 1 nitrogen and oxygen atoms in total. The average molecular weight is 277 g/mol. The van der Waals surface area contributed by atoms with Gasteiger partial charge in [-0.1, -0.05) is 40.5 Å². The van der Waals surface area contributed by atoms with Gasteiger partial charge in [-0.15, -0.1) is 12.4 Å². The standard InChI is InChI=1S/C11H14BrN.ClH/c12-10-6-2-1-5-9(10)11-7-3-4-8-13-11;/h1-2,5-6,11,13H,3-4,7-8H2;1H/t11-;/m0./s1. The highest BCUT2D eigenvalue weighted by atomic mass is 79.9. The number of piperidine rings is 1. The van der Waals surface area contributed by atoms with Crippen LogP contribution in [-0.2, 0) is 0 Å². The first-order chi connectivity index (χ1) is 6.38. The summed E-state index contributed by atoms with van der Waals surface area (Å²) >= 11 is 3.59. The van der Waals surface area contributed by atoms with Crippen molar-refractivity contribution in [1.29, 1.82) is 0 Å². The van der Waals surface area contributed by atoms with Crippen molar-refractivity contribution in [3.8, 4) is 0 Å². The Hall–Kier alpha value is -0.0500. The predicted octanol–water partition coefficient (Wildman–Crippen LogP) is 3.69. The van der Waals surface area contributed by atoms with Gasteiger partial charge in [0.25, 0.3) is 0 Å². The Morgan fingerprint density at radius 2 is 2.00 bits per heavy atom. The quantitative estimate of drug-likeness (QED) is 0.825. The van der Waals surface area contributed by atoms with Gasteiger partial charge in [-0.05, 0) is 31.0 Å². The molecule has 1 aliphatic rings. The Balaban J connectivity index is 0.000000980. The monoisotopic (exact) mass is 275 g/mol. The maximum atomic E-state index is 3.59. The van der Waals surface area contributed by atoms with Crippen LogP contribution < -0.4 is 5.32 Å². The van der Waals surface area contributed by atoms with E-state index in [1.54, 1.807) is 0 Å². The van der Waals surface area contributed by atoms with E-state index in [1.807, 2.05) is 0 Å². The van der Waals surface area contributed by atoms with Crippen LogP contribution in [0.1, 0.15) is 30.9 Å². The fourth-order valence-electron chi connectivity index (χ4n) is 1.87. The summed E-state index contributed by atoms with van der Waals surface area (Å²) in [6, 6.07) is 9.05. The van der Waals surface area contributed by atoms with E-state index in [9.17, 15) is 0 Å². The van der Waals surface area contributed by atoms with E-state index in [-0.39, 0.29) is 12.4 Å². The molecule has 0 unspecified atom stereocenters. The molecule has 0 aromatic heterocycles. The van der Waals surface area contributed by atoms with Gasteiger partial charge >= 0.3 is 0 Å². The van der Waals surface area contributed by atoms with Crippen LogP contribution in [0.5, 0.6) is 0 Å². The third-order valence-electron chi connectivity index (χ3n) is 2.59. The highest BCUT2D eigenvalue weighted by Crippen LogP contribution is 2.28. The summed E-state index contributed by atoms with van der Waals surface area (Å²) in [5, 5.41) is 3.55. The largest absolute Gasteiger partial charge is 0.310 e. The molecule has 14 heavy (non-hydrogen) atoms. The van der Waals surface area contributed by atoms with Crippen LogP contribution in [0.4, 0.5) is 0 Å². The van der Waals surface area contributed by atoms with Crippen molar-refractivity contribution in [2.24, 2.45) is 0 Å². The Bertz CT molecular complexity index is 284. The fourth-order valence-corrected chi connectivity index (χ4v) is 2.44. The van der Waals surface area contributed by atoms with Gasteiger partial charge < -0.3 is 5.32 Å². The fraction of sp³-hybridized carbons (Fsp3) is 0.455. The Kier molecular flexibility index (Phi) is 4.93.